The minimum Gasteiger partial charge on any atom is -0.383 e. The van der Waals surface area contributed by atoms with E-state index in [2.05, 4.69) is 10.6 Å². The Morgan fingerprint density at radius 3 is 2.95 bits per heavy atom. The number of hydrogen-bond acceptors (Lipinski definition) is 3. The molecule has 0 radical (unpaired) electrons. The van der Waals surface area contributed by atoms with Gasteiger partial charge >= 0.3 is 0 Å². The molecule has 0 aliphatic heterocycles. The summed E-state index contributed by atoms with van der Waals surface area (Å²) in [6.45, 7) is 2.46. The van der Waals surface area contributed by atoms with Crippen LogP contribution in [-0.2, 0) is 22.6 Å². The maximum absolute atomic E-state index is 11.6. The van der Waals surface area contributed by atoms with Gasteiger partial charge in [-0.2, -0.15) is 0 Å². The number of fused-ring (bicyclic) bond motifs is 1. The molecule has 0 saturated carbocycles. The number of methoxy groups -OCH3 is 1. The molecule has 0 atom stereocenters. The first-order valence-corrected chi connectivity index (χ1v) is 7.21. The van der Waals surface area contributed by atoms with Crippen LogP contribution >= 0.6 is 11.6 Å². The first-order chi connectivity index (χ1) is 10.2. The smallest absolute Gasteiger partial charge is 0.239 e. The number of nitrogens with one attached hydrogen (secondary N) is 2. The Bertz CT molecular complexity index is 625. The molecule has 1 aromatic heterocycles. The zero-order chi connectivity index (χ0) is 15.2. The van der Waals surface area contributed by atoms with Gasteiger partial charge in [0.05, 0.1) is 12.1 Å². The van der Waals surface area contributed by atoms with Crippen molar-refractivity contribution in [3.05, 3.63) is 35.0 Å². The molecule has 0 saturated heterocycles. The maximum Gasteiger partial charge on any atom is 0.239 e. The Balaban J connectivity index is 2.26. The van der Waals surface area contributed by atoms with Gasteiger partial charge in [0.1, 0.15) is 6.54 Å². The molecular weight excluding hydrogens is 290 g/mol. The molecule has 0 spiro atoms. The van der Waals surface area contributed by atoms with Crippen LogP contribution in [0.2, 0.25) is 5.02 Å². The topological polar surface area (TPSA) is 55.3 Å². The number of aromatic nitrogens is 1. The van der Waals surface area contributed by atoms with E-state index in [0.29, 0.717) is 11.6 Å². The highest BCUT2D eigenvalue weighted by molar-refractivity contribution is 6.31. The minimum atomic E-state index is -0.0363. The van der Waals surface area contributed by atoms with Gasteiger partial charge < -0.3 is 19.9 Å². The predicted octanol–water partition coefficient (Wildman–Crippen LogP) is 1.78. The van der Waals surface area contributed by atoms with Crippen LogP contribution in [0.5, 0.6) is 0 Å². The standard InChI is InChI=1S/C15H20ClN3O2/c1-17-15(20)10-19-9-11(8-18-5-6-21-2)13-4-3-12(16)7-14(13)19/h3-4,7,9,18H,5-6,8,10H2,1-2H3,(H,17,20). The van der Waals surface area contributed by atoms with Crippen molar-refractivity contribution in [1.29, 1.82) is 0 Å². The first-order valence-electron chi connectivity index (χ1n) is 6.83. The van der Waals surface area contributed by atoms with E-state index in [4.69, 9.17) is 16.3 Å². The summed E-state index contributed by atoms with van der Waals surface area (Å²) in [4.78, 5) is 11.6. The van der Waals surface area contributed by atoms with Gasteiger partial charge in [0, 0.05) is 43.9 Å². The van der Waals surface area contributed by atoms with E-state index < -0.39 is 0 Å². The number of carbonyl (C=O) groups excluding carboxylic acids is 1. The first kappa shape index (κ1) is 15.8. The quantitative estimate of drug-likeness (QED) is 0.767. The van der Waals surface area contributed by atoms with E-state index in [-0.39, 0.29) is 12.5 Å². The number of amides is 1. The van der Waals surface area contributed by atoms with Crippen molar-refractivity contribution >= 4 is 28.4 Å². The molecule has 1 aromatic carbocycles. The average Bonchev–Trinajstić information content (AvgIpc) is 2.81. The van der Waals surface area contributed by atoms with Crippen molar-refractivity contribution in [1.82, 2.24) is 15.2 Å². The van der Waals surface area contributed by atoms with Crippen molar-refractivity contribution in [3.63, 3.8) is 0 Å². The Kier molecular flexibility index (Phi) is 5.61. The molecule has 21 heavy (non-hydrogen) atoms. The Hall–Kier alpha value is -1.56. The predicted molar refractivity (Wildman–Crippen MR) is 84.6 cm³/mol. The van der Waals surface area contributed by atoms with Gasteiger partial charge in [0.25, 0.3) is 0 Å². The normalized spacial score (nSPS) is 11.0. The Morgan fingerprint density at radius 2 is 2.24 bits per heavy atom. The lowest BCUT2D eigenvalue weighted by Gasteiger charge is -2.04. The minimum absolute atomic E-state index is 0.0363. The molecule has 5 nitrogen and oxygen atoms in total. The number of carbonyl (C=O) groups is 1. The van der Waals surface area contributed by atoms with Gasteiger partial charge in [-0.25, -0.2) is 0 Å². The summed E-state index contributed by atoms with van der Waals surface area (Å²) in [7, 11) is 3.31. The lowest BCUT2D eigenvalue weighted by molar-refractivity contribution is -0.121. The van der Waals surface area contributed by atoms with Crippen molar-refractivity contribution in [2.24, 2.45) is 0 Å². The summed E-state index contributed by atoms with van der Waals surface area (Å²) in [6.07, 6.45) is 2.00. The van der Waals surface area contributed by atoms with Crippen molar-refractivity contribution < 1.29 is 9.53 Å². The molecule has 6 heteroatoms. The van der Waals surface area contributed by atoms with Crippen LogP contribution in [0.15, 0.2) is 24.4 Å². The molecule has 114 valence electrons. The van der Waals surface area contributed by atoms with Crippen LogP contribution in [0.4, 0.5) is 0 Å². The highest BCUT2D eigenvalue weighted by atomic mass is 35.5. The maximum atomic E-state index is 11.6. The lowest BCUT2D eigenvalue weighted by atomic mass is 10.2. The van der Waals surface area contributed by atoms with Gasteiger partial charge in [-0.15, -0.1) is 0 Å². The second-order valence-corrected chi connectivity index (χ2v) is 5.22. The molecule has 1 amide bonds. The molecule has 0 bridgehead atoms. The number of ether oxygens (including phenoxy) is 1. The highest BCUT2D eigenvalue weighted by Gasteiger charge is 2.11. The third kappa shape index (κ3) is 3.97. The van der Waals surface area contributed by atoms with E-state index in [1.807, 2.05) is 29.0 Å². The fourth-order valence-electron chi connectivity index (χ4n) is 2.24. The summed E-state index contributed by atoms with van der Waals surface area (Å²) in [5.74, 6) is -0.0363. The number of halogens is 1. The number of hydrogen-bond donors (Lipinski definition) is 2. The monoisotopic (exact) mass is 309 g/mol. The van der Waals surface area contributed by atoms with E-state index in [1.54, 1.807) is 14.2 Å². The van der Waals surface area contributed by atoms with Gasteiger partial charge in [-0.05, 0) is 17.7 Å². The summed E-state index contributed by atoms with van der Waals surface area (Å²) >= 11 is 6.07. The molecular formula is C15H20ClN3O2. The van der Waals surface area contributed by atoms with Crippen LogP contribution in [0.1, 0.15) is 5.56 Å². The lowest BCUT2D eigenvalue weighted by Crippen LogP contribution is -2.23. The van der Waals surface area contributed by atoms with E-state index in [9.17, 15) is 4.79 Å². The fourth-order valence-corrected chi connectivity index (χ4v) is 2.41. The fraction of sp³-hybridized carbons (Fsp3) is 0.400. The molecule has 2 N–H and O–H groups in total. The number of nitrogens with zero attached hydrogens (tertiary/aromatic N) is 1. The van der Waals surface area contributed by atoms with Gasteiger partial charge in [-0.3, -0.25) is 4.79 Å². The number of rotatable bonds is 7. The van der Waals surface area contributed by atoms with Crippen molar-refractivity contribution in [3.8, 4) is 0 Å². The molecule has 0 fully saturated rings. The van der Waals surface area contributed by atoms with Crippen molar-refractivity contribution in [2.75, 3.05) is 27.3 Å². The van der Waals surface area contributed by atoms with E-state index in [0.717, 1.165) is 29.6 Å². The number of benzene rings is 1. The van der Waals surface area contributed by atoms with Crippen molar-refractivity contribution in [2.45, 2.75) is 13.1 Å². The van der Waals surface area contributed by atoms with Crippen LogP contribution in [0.25, 0.3) is 10.9 Å². The highest BCUT2D eigenvalue weighted by Crippen LogP contribution is 2.24. The van der Waals surface area contributed by atoms with Gasteiger partial charge in [0.15, 0.2) is 0 Å². The number of likely N-dealkylation sites (N-methyl/N-ethyl adjacent to an activating group) is 1. The van der Waals surface area contributed by atoms with Crippen LogP contribution in [-0.4, -0.2) is 37.8 Å². The van der Waals surface area contributed by atoms with Crippen LogP contribution in [0.3, 0.4) is 0 Å². The Morgan fingerprint density at radius 1 is 1.43 bits per heavy atom. The third-order valence-electron chi connectivity index (χ3n) is 3.32. The van der Waals surface area contributed by atoms with E-state index >= 15 is 0 Å². The summed E-state index contributed by atoms with van der Waals surface area (Å²) in [5.41, 5.74) is 2.11. The molecule has 2 aromatic rings. The second kappa shape index (κ2) is 7.45. The van der Waals surface area contributed by atoms with Crippen LogP contribution < -0.4 is 10.6 Å². The second-order valence-electron chi connectivity index (χ2n) is 4.79. The molecule has 0 aliphatic rings. The molecule has 2 rings (SSSR count). The zero-order valence-corrected chi connectivity index (χ0v) is 13.0. The SMILES string of the molecule is CNC(=O)Cn1cc(CNCCOC)c2ccc(Cl)cc21. The van der Waals surface area contributed by atoms with E-state index in [1.165, 1.54) is 0 Å². The average molecular weight is 310 g/mol. The third-order valence-corrected chi connectivity index (χ3v) is 3.55. The molecule has 1 heterocycles. The molecule has 0 aliphatic carbocycles. The van der Waals surface area contributed by atoms with Gasteiger partial charge in [0.2, 0.25) is 5.91 Å². The molecule has 0 unspecified atom stereocenters. The summed E-state index contributed by atoms with van der Waals surface area (Å²) in [6, 6.07) is 5.75. The van der Waals surface area contributed by atoms with Crippen LogP contribution in [0, 0.1) is 0 Å². The zero-order valence-electron chi connectivity index (χ0n) is 12.3. The Labute approximate surface area is 129 Å². The summed E-state index contributed by atoms with van der Waals surface area (Å²) in [5, 5.41) is 7.72. The van der Waals surface area contributed by atoms with Gasteiger partial charge in [-0.1, -0.05) is 17.7 Å². The summed E-state index contributed by atoms with van der Waals surface area (Å²) < 4.78 is 6.94. The largest absolute Gasteiger partial charge is 0.383 e.